The van der Waals surface area contributed by atoms with Crippen LogP contribution in [0.4, 0.5) is 0 Å². The summed E-state index contributed by atoms with van der Waals surface area (Å²) in [6.07, 6.45) is 6.97. The van der Waals surface area contributed by atoms with Crippen LogP contribution in [0.25, 0.3) is 0 Å². The molecule has 1 N–H and O–H groups in total. The van der Waals surface area contributed by atoms with E-state index in [0.717, 1.165) is 39.1 Å². The van der Waals surface area contributed by atoms with Crippen molar-refractivity contribution in [3.05, 3.63) is 30.1 Å². The predicted octanol–water partition coefficient (Wildman–Crippen LogP) is 1.93. The molecule has 2 fully saturated rings. The molecule has 0 radical (unpaired) electrons. The summed E-state index contributed by atoms with van der Waals surface area (Å²) in [5.41, 5.74) is 1.30. The molecule has 0 bridgehead atoms. The van der Waals surface area contributed by atoms with Crippen LogP contribution in [-0.2, 0) is 9.47 Å². The van der Waals surface area contributed by atoms with Crippen LogP contribution in [0.1, 0.15) is 30.9 Å². The molecule has 3 atom stereocenters. The van der Waals surface area contributed by atoms with E-state index >= 15 is 0 Å². The quantitative estimate of drug-likeness (QED) is 0.904. The van der Waals surface area contributed by atoms with Crippen molar-refractivity contribution in [2.75, 3.05) is 26.9 Å². The van der Waals surface area contributed by atoms with E-state index in [1.54, 1.807) is 0 Å². The number of pyridine rings is 1. The third-order valence-electron chi connectivity index (χ3n) is 4.45. The molecular weight excluding hydrogens is 240 g/mol. The van der Waals surface area contributed by atoms with Crippen LogP contribution in [0, 0.1) is 5.92 Å². The molecule has 1 aromatic heterocycles. The molecule has 0 aromatic carbocycles. The number of hydrogen-bond acceptors (Lipinski definition) is 4. The van der Waals surface area contributed by atoms with Gasteiger partial charge in [0.05, 0.1) is 12.2 Å². The molecule has 3 rings (SSSR count). The summed E-state index contributed by atoms with van der Waals surface area (Å²) in [7, 11) is 2.04. The van der Waals surface area contributed by atoms with Gasteiger partial charge in [0.15, 0.2) is 0 Å². The van der Waals surface area contributed by atoms with Gasteiger partial charge in [0.25, 0.3) is 0 Å². The maximum absolute atomic E-state index is 6.02. The molecule has 0 amide bonds. The first-order valence-corrected chi connectivity index (χ1v) is 7.12. The SMILES string of the molecule is CNC(c1ccncc1)C1CCOC2(CCOC2)C1. The maximum Gasteiger partial charge on any atom is 0.0940 e. The van der Waals surface area contributed by atoms with Gasteiger partial charge in [-0.3, -0.25) is 4.98 Å². The molecule has 3 unspecified atom stereocenters. The number of nitrogens with one attached hydrogen (secondary N) is 1. The molecule has 2 saturated heterocycles. The highest BCUT2D eigenvalue weighted by atomic mass is 16.6. The number of ether oxygens (including phenoxy) is 2. The minimum Gasteiger partial charge on any atom is -0.378 e. The Labute approximate surface area is 114 Å². The minimum atomic E-state index is -0.0228. The zero-order chi connectivity index (χ0) is 13.1. The molecular formula is C15H22N2O2. The molecule has 1 aromatic rings. The van der Waals surface area contributed by atoms with Gasteiger partial charge >= 0.3 is 0 Å². The first-order chi connectivity index (χ1) is 9.33. The Morgan fingerprint density at radius 2 is 2.21 bits per heavy atom. The van der Waals surface area contributed by atoms with E-state index in [9.17, 15) is 0 Å². The van der Waals surface area contributed by atoms with Crippen LogP contribution >= 0.6 is 0 Å². The minimum absolute atomic E-state index is 0.0228. The fraction of sp³-hybridized carbons (Fsp3) is 0.667. The number of nitrogens with zero attached hydrogens (tertiary/aromatic N) is 1. The summed E-state index contributed by atoms with van der Waals surface area (Å²) >= 11 is 0. The molecule has 0 saturated carbocycles. The molecule has 4 nitrogen and oxygen atoms in total. The molecule has 0 aliphatic carbocycles. The molecule has 2 aliphatic heterocycles. The molecule has 3 heterocycles. The van der Waals surface area contributed by atoms with E-state index in [1.807, 2.05) is 19.4 Å². The maximum atomic E-state index is 6.02. The van der Waals surface area contributed by atoms with Crippen molar-refractivity contribution < 1.29 is 9.47 Å². The van der Waals surface area contributed by atoms with E-state index in [4.69, 9.17) is 9.47 Å². The van der Waals surface area contributed by atoms with Gasteiger partial charge in [-0.15, -0.1) is 0 Å². The lowest BCUT2D eigenvalue weighted by Crippen LogP contribution is -2.43. The Kier molecular flexibility index (Phi) is 3.82. The fourth-order valence-electron chi connectivity index (χ4n) is 3.46. The topological polar surface area (TPSA) is 43.4 Å². The molecule has 104 valence electrons. The van der Waals surface area contributed by atoms with Gasteiger partial charge in [-0.1, -0.05) is 0 Å². The van der Waals surface area contributed by atoms with Crippen LogP contribution in [0.15, 0.2) is 24.5 Å². The lowest BCUT2D eigenvalue weighted by Gasteiger charge is -2.40. The fourth-order valence-corrected chi connectivity index (χ4v) is 3.46. The summed E-state index contributed by atoms with van der Waals surface area (Å²) in [4.78, 5) is 4.11. The van der Waals surface area contributed by atoms with Crippen LogP contribution < -0.4 is 5.32 Å². The Bertz CT molecular complexity index is 404. The zero-order valence-corrected chi connectivity index (χ0v) is 11.5. The summed E-state index contributed by atoms with van der Waals surface area (Å²) in [5.74, 6) is 0.600. The van der Waals surface area contributed by atoms with Crippen molar-refractivity contribution in [1.82, 2.24) is 10.3 Å². The Morgan fingerprint density at radius 3 is 2.89 bits per heavy atom. The molecule has 2 aliphatic rings. The average molecular weight is 262 g/mol. The smallest absolute Gasteiger partial charge is 0.0940 e. The van der Waals surface area contributed by atoms with Crippen molar-refractivity contribution in [3.8, 4) is 0 Å². The number of rotatable bonds is 3. The van der Waals surface area contributed by atoms with E-state index in [2.05, 4.69) is 22.4 Å². The van der Waals surface area contributed by atoms with Gasteiger partial charge in [0.2, 0.25) is 0 Å². The second kappa shape index (κ2) is 5.57. The Hall–Kier alpha value is -0.970. The predicted molar refractivity (Wildman–Crippen MR) is 72.9 cm³/mol. The van der Waals surface area contributed by atoms with Crippen LogP contribution in [0.5, 0.6) is 0 Å². The highest BCUT2D eigenvalue weighted by molar-refractivity contribution is 5.16. The highest BCUT2D eigenvalue weighted by Crippen LogP contribution is 2.40. The van der Waals surface area contributed by atoms with Crippen LogP contribution in [-0.4, -0.2) is 37.5 Å². The van der Waals surface area contributed by atoms with Gasteiger partial charge in [-0.2, -0.15) is 0 Å². The number of hydrogen-bond donors (Lipinski definition) is 1. The summed E-state index contributed by atoms with van der Waals surface area (Å²) in [5, 5.41) is 3.47. The summed E-state index contributed by atoms with van der Waals surface area (Å²) in [6, 6.07) is 4.59. The van der Waals surface area contributed by atoms with E-state index < -0.39 is 0 Å². The van der Waals surface area contributed by atoms with Gasteiger partial charge in [-0.05, 0) is 43.5 Å². The molecule has 19 heavy (non-hydrogen) atoms. The second-order valence-corrected chi connectivity index (χ2v) is 5.63. The van der Waals surface area contributed by atoms with Gasteiger partial charge in [-0.25, -0.2) is 0 Å². The average Bonchev–Trinajstić information content (AvgIpc) is 2.89. The first kappa shape index (κ1) is 13.0. The van der Waals surface area contributed by atoms with Gasteiger partial charge < -0.3 is 14.8 Å². The molecule has 4 heteroatoms. The number of aromatic nitrogens is 1. The van der Waals surface area contributed by atoms with Gasteiger partial charge in [0.1, 0.15) is 0 Å². The van der Waals surface area contributed by atoms with Crippen LogP contribution in [0.3, 0.4) is 0 Å². The third-order valence-corrected chi connectivity index (χ3v) is 4.45. The third kappa shape index (κ3) is 2.66. The van der Waals surface area contributed by atoms with E-state index in [-0.39, 0.29) is 5.60 Å². The van der Waals surface area contributed by atoms with Crippen molar-refractivity contribution in [3.63, 3.8) is 0 Å². The van der Waals surface area contributed by atoms with Crippen molar-refractivity contribution >= 4 is 0 Å². The lowest BCUT2D eigenvalue weighted by molar-refractivity contribution is -0.103. The second-order valence-electron chi connectivity index (χ2n) is 5.63. The monoisotopic (exact) mass is 262 g/mol. The van der Waals surface area contributed by atoms with Crippen molar-refractivity contribution in [1.29, 1.82) is 0 Å². The summed E-state index contributed by atoms with van der Waals surface area (Å²) < 4.78 is 11.6. The van der Waals surface area contributed by atoms with Crippen LogP contribution in [0.2, 0.25) is 0 Å². The first-order valence-electron chi connectivity index (χ1n) is 7.12. The largest absolute Gasteiger partial charge is 0.378 e. The van der Waals surface area contributed by atoms with Crippen molar-refractivity contribution in [2.24, 2.45) is 5.92 Å². The van der Waals surface area contributed by atoms with Gasteiger partial charge in [0, 0.05) is 38.1 Å². The normalized spacial score (nSPS) is 32.6. The summed E-state index contributed by atoms with van der Waals surface area (Å²) in [6.45, 7) is 2.44. The molecule has 1 spiro atoms. The van der Waals surface area contributed by atoms with Crippen molar-refractivity contribution in [2.45, 2.75) is 30.9 Å². The van der Waals surface area contributed by atoms with E-state index in [0.29, 0.717) is 12.0 Å². The van der Waals surface area contributed by atoms with E-state index in [1.165, 1.54) is 5.56 Å². The Morgan fingerprint density at radius 1 is 1.37 bits per heavy atom. The highest BCUT2D eigenvalue weighted by Gasteiger charge is 2.42. The zero-order valence-electron chi connectivity index (χ0n) is 11.5. The standard InChI is InChI=1S/C15H22N2O2/c1-16-14(12-2-6-17-7-3-12)13-4-8-19-15(10-13)5-9-18-11-15/h2-3,6-7,13-14,16H,4-5,8-11H2,1H3. The lowest BCUT2D eigenvalue weighted by atomic mass is 9.79. The Balaban J connectivity index is 1.76.